The molecule has 2 N–H and O–H groups in total. The summed E-state index contributed by atoms with van der Waals surface area (Å²) in [7, 11) is -9.17. The minimum atomic E-state index is -5.07. The monoisotopic (exact) mass is 499 g/mol. The fourth-order valence-electron chi connectivity index (χ4n) is 3.17. The van der Waals surface area contributed by atoms with Gasteiger partial charge < -0.3 is 5.11 Å². The summed E-state index contributed by atoms with van der Waals surface area (Å²) in [5.41, 5.74) is -1.17. The number of alkyl halides is 3. The largest absolute Gasteiger partial charge is 0.417 e. The Hall–Kier alpha value is -2.73. The van der Waals surface area contributed by atoms with Crippen molar-refractivity contribution in [3.8, 4) is 0 Å². The molecule has 0 aliphatic carbocycles. The van der Waals surface area contributed by atoms with E-state index in [0.29, 0.717) is 23.8 Å². The molecule has 0 aliphatic heterocycles. The molecule has 2 atom stereocenters. The lowest BCUT2D eigenvalue weighted by Gasteiger charge is -2.22. The zero-order chi connectivity index (χ0) is 24.4. The Balaban J connectivity index is 2.06. The maximum Gasteiger partial charge on any atom is 0.417 e. The van der Waals surface area contributed by atoms with Crippen LogP contribution in [0, 0.1) is 0 Å². The van der Waals surface area contributed by atoms with Crippen LogP contribution in [0.3, 0.4) is 0 Å². The summed E-state index contributed by atoms with van der Waals surface area (Å²) < 4.78 is 94.4. The van der Waals surface area contributed by atoms with Crippen LogP contribution in [0.5, 0.6) is 0 Å². The van der Waals surface area contributed by atoms with Gasteiger partial charge in [0.15, 0.2) is 0 Å². The Morgan fingerprint density at radius 1 is 0.818 bits per heavy atom. The molecule has 0 fully saturated rings. The van der Waals surface area contributed by atoms with E-state index in [1.165, 1.54) is 43.3 Å². The van der Waals surface area contributed by atoms with Crippen LogP contribution in [0.1, 0.15) is 24.2 Å². The molecule has 0 amide bonds. The van der Waals surface area contributed by atoms with Crippen molar-refractivity contribution < 1.29 is 35.1 Å². The van der Waals surface area contributed by atoms with Crippen molar-refractivity contribution in [3.05, 3.63) is 90.0 Å². The van der Waals surface area contributed by atoms with Gasteiger partial charge in [-0.15, -0.1) is 0 Å². The van der Waals surface area contributed by atoms with E-state index >= 15 is 0 Å². The average Bonchev–Trinajstić information content (AvgIpc) is 2.78. The van der Waals surface area contributed by atoms with Crippen molar-refractivity contribution in [3.63, 3.8) is 0 Å². The van der Waals surface area contributed by atoms with Gasteiger partial charge in [-0.3, -0.25) is 0 Å². The standard InChI is InChI=1S/C22H20F3NO5S2/c1-15(21(27)16-8-4-2-5-9-16)26-33(30,31)20-14-18(12-13-19(20)22(23,24)25)32(28,29)17-10-6-3-7-11-17/h2-15,21,26-27H,1H3/t15-,21+/m0/s1. The maximum absolute atomic E-state index is 13.6. The molecule has 0 radical (unpaired) electrons. The fourth-order valence-corrected chi connectivity index (χ4v) is 6.06. The molecular formula is C22H20F3NO5S2. The molecular weight excluding hydrogens is 479 g/mol. The summed E-state index contributed by atoms with van der Waals surface area (Å²) >= 11 is 0. The van der Waals surface area contributed by atoms with Crippen LogP contribution in [-0.2, 0) is 26.0 Å². The Morgan fingerprint density at radius 3 is 1.91 bits per heavy atom. The third-order valence-corrected chi connectivity index (χ3v) is 8.23. The molecule has 0 spiro atoms. The summed E-state index contributed by atoms with van der Waals surface area (Å²) in [5, 5.41) is 10.4. The van der Waals surface area contributed by atoms with Crippen molar-refractivity contribution >= 4 is 19.9 Å². The van der Waals surface area contributed by atoms with Gasteiger partial charge in [0, 0.05) is 6.04 Å². The van der Waals surface area contributed by atoms with Gasteiger partial charge in [-0.25, -0.2) is 21.6 Å². The van der Waals surface area contributed by atoms with Gasteiger partial charge in [0.2, 0.25) is 19.9 Å². The van der Waals surface area contributed by atoms with E-state index < -0.39 is 53.5 Å². The number of sulfonamides is 1. The van der Waals surface area contributed by atoms with Crippen LogP contribution in [0.2, 0.25) is 0 Å². The second kappa shape index (κ2) is 9.26. The quantitative estimate of drug-likeness (QED) is 0.513. The SMILES string of the molecule is C[C@H](NS(=O)(=O)c1cc(S(=O)(=O)c2ccccc2)ccc1C(F)(F)F)[C@@H](O)c1ccccc1. The van der Waals surface area contributed by atoms with Gasteiger partial charge in [0.1, 0.15) is 0 Å². The number of benzene rings is 3. The van der Waals surface area contributed by atoms with E-state index in [-0.39, 0.29) is 4.90 Å². The van der Waals surface area contributed by atoms with E-state index in [0.717, 1.165) is 0 Å². The third-order valence-electron chi connectivity index (χ3n) is 4.87. The molecule has 11 heteroatoms. The molecule has 0 unspecified atom stereocenters. The molecule has 3 aromatic rings. The van der Waals surface area contributed by atoms with Crippen molar-refractivity contribution in [1.29, 1.82) is 0 Å². The molecule has 3 rings (SSSR count). The predicted octanol–water partition coefficient (Wildman–Crippen LogP) is 3.94. The molecule has 0 saturated heterocycles. The second-order valence-corrected chi connectivity index (χ2v) is 10.9. The number of sulfone groups is 1. The number of hydrogen-bond donors (Lipinski definition) is 2. The normalized spacial score (nSPS) is 14.6. The Morgan fingerprint density at radius 2 is 1.36 bits per heavy atom. The highest BCUT2D eigenvalue weighted by Gasteiger charge is 2.39. The maximum atomic E-state index is 13.6. The van der Waals surface area contributed by atoms with Crippen molar-refractivity contribution in [2.24, 2.45) is 0 Å². The molecule has 3 aromatic carbocycles. The molecule has 0 heterocycles. The highest BCUT2D eigenvalue weighted by molar-refractivity contribution is 7.91. The van der Waals surface area contributed by atoms with Gasteiger partial charge in [-0.2, -0.15) is 13.2 Å². The first kappa shape index (κ1) is 24.9. The lowest BCUT2D eigenvalue weighted by Crippen LogP contribution is -2.38. The van der Waals surface area contributed by atoms with Gasteiger partial charge in [-0.05, 0) is 42.8 Å². The number of aliphatic hydroxyl groups excluding tert-OH is 1. The van der Waals surface area contributed by atoms with Crippen LogP contribution in [0.25, 0.3) is 0 Å². The van der Waals surface area contributed by atoms with E-state index in [1.807, 2.05) is 4.72 Å². The van der Waals surface area contributed by atoms with Crippen LogP contribution in [0.4, 0.5) is 13.2 Å². The first-order valence-electron chi connectivity index (χ1n) is 9.61. The minimum Gasteiger partial charge on any atom is -0.387 e. The molecule has 0 aliphatic rings. The van der Waals surface area contributed by atoms with Gasteiger partial charge in [-0.1, -0.05) is 48.5 Å². The fraction of sp³-hybridized carbons (Fsp3) is 0.182. The van der Waals surface area contributed by atoms with Gasteiger partial charge >= 0.3 is 6.18 Å². The lowest BCUT2D eigenvalue weighted by atomic mass is 10.0. The van der Waals surface area contributed by atoms with Gasteiger partial charge in [0.05, 0.1) is 26.4 Å². The molecule has 0 bridgehead atoms. The Bertz CT molecular complexity index is 1330. The number of nitrogens with one attached hydrogen (secondary N) is 1. The smallest absolute Gasteiger partial charge is 0.387 e. The first-order valence-corrected chi connectivity index (χ1v) is 12.6. The van der Waals surface area contributed by atoms with Crippen LogP contribution >= 0.6 is 0 Å². The molecule has 0 saturated carbocycles. The number of halogens is 3. The molecule has 0 aromatic heterocycles. The second-order valence-electron chi connectivity index (χ2n) is 7.24. The zero-order valence-corrected chi connectivity index (χ0v) is 18.8. The highest BCUT2D eigenvalue weighted by Crippen LogP contribution is 2.36. The summed E-state index contributed by atoms with van der Waals surface area (Å²) in [5.74, 6) is 0. The zero-order valence-electron chi connectivity index (χ0n) is 17.2. The Kier molecular flexibility index (Phi) is 6.99. The molecule has 6 nitrogen and oxygen atoms in total. The van der Waals surface area contributed by atoms with Crippen molar-refractivity contribution in [2.75, 3.05) is 0 Å². The van der Waals surface area contributed by atoms with Gasteiger partial charge in [0.25, 0.3) is 0 Å². The molecule has 33 heavy (non-hydrogen) atoms. The summed E-state index contributed by atoms with van der Waals surface area (Å²) in [4.78, 5) is -2.06. The van der Waals surface area contributed by atoms with Crippen molar-refractivity contribution in [1.82, 2.24) is 4.72 Å². The van der Waals surface area contributed by atoms with Crippen LogP contribution in [-0.4, -0.2) is 28.0 Å². The summed E-state index contributed by atoms with van der Waals surface area (Å²) in [6, 6.07) is 15.3. The van der Waals surface area contributed by atoms with E-state index in [2.05, 4.69) is 0 Å². The number of rotatable bonds is 7. The Labute approximate surface area is 189 Å². The first-order chi connectivity index (χ1) is 15.3. The predicted molar refractivity (Wildman–Crippen MR) is 115 cm³/mol. The van der Waals surface area contributed by atoms with Crippen LogP contribution in [0.15, 0.2) is 93.5 Å². The van der Waals surface area contributed by atoms with E-state index in [1.54, 1.807) is 24.3 Å². The summed E-state index contributed by atoms with van der Waals surface area (Å²) in [6.45, 7) is 1.28. The number of hydrogen-bond acceptors (Lipinski definition) is 5. The van der Waals surface area contributed by atoms with E-state index in [9.17, 15) is 35.1 Å². The third kappa shape index (κ3) is 5.44. The topological polar surface area (TPSA) is 101 Å². The van der Waals surface area contributed by atoms with Crippen LogP contribution < -0.4 is 4.72 Å². The lowest BCUT2D eigenvalue weighted by molar-refractivity contribution is -0.139. The minimum absolute atomic E-state index is 0.200. The number of aliphatic hydroxyl groups is 1. The summed E-state index contributed by atoms with van der Waals surface area (Å²) in [6.07, 6.45) is -6.42. The average molecular weight is 500 g/mol. The van der Waals surface area contributed by atoms with Crippen molar-refractivity contribution in [2.45, 2.75) is 39.9 Å². The highest BCUT2D eigenvalue weighted by atomic mass is 32.2. The van der Waals surface area contributed by atoms with E-state index in [4.69, 9.17) is 0 Å². The molecule has 176 valence electrons.